The van der Waals surface area contributed by atoms with Crippen LogP contribution >= 0.6 is 0 Å². The lowest BCUT2D eigenvalue weighted by Crippen LogP contribution is -2.36. The molecule has 0 saturated carbocycles. The van der Waals surface area contributed by atoms with Crippen molar-refractivity contribution in [1.29, 1.82) is 0 Å². The maximum Gasteiger partial charge on any atom is 0.407 e. The zero-order valence-corrected chi connectivity index (χ0v) is 13.4. The van der Waals surface area contributed by atoms with Gasteiger partial charge in [-0.3, -0.25) is 0 Å². The second kappa shape index (κ2) is 6.48. The number of amides is 1. The van der Waals surface area contributed by atoms with Gasteiger partial charge in [-0.05, 0) is 52.1 Å². The summed E-state index contributed by atoms with van der Waals surface area (Å²) in [6.45, 7) is 9.34. The van der Waals surface area contributed by atoms with Crippen LogP contribution in [0.5, 0.6) is 0 Å². The Labute approximate surface area is 127 Å². The third-order valence-corrected chi connectivity index (χ3v) is 3.69. The molecule has 1 aliphatic rings. The smallest absolute Gasteiger partial charge is 0.407 e. The lowest BCUT2D eigenvalue weighted by Gasteiger charge is -2.23. The largest absolute Gasteiger partial charge is 0.444 e. The van der Waals surface area contributed by atoms with E-state index >= 15 is 0 Å². The molecule has 0 bridgehead atoms. The molecule has 0 spiro atoms. The Hall–Kier alpha value is -1.55. The van der Waals surface area contributed by atoms with Gasteiger partial charge in [-0.25, -0.2) is 4.79 Å². The highest BCUT2D eigenvalue weighted by Gasteiger charge is 2.28. The normalized spacial score (nSPS) is 22.1. The van der Waals surface area contributed by atoms with Crippen LogP contribution in [0.25, 0.3) is 0 Å². The lowest BCUT2D eigenvalue weighted by molar-refractivity contribution is 0.0518. The summed E-state index contributed by atoms with van der Waals surface area (Å²) in [5.74, 6) is 0.403. The summed E-state index contributed by atoms with van der Waals surface area (Å²) in [5.41, 5.74) is 2.10. The highest BCUT2D eigenvalue weighted by molar-refractivity contribution is 5.67. The van der Waals surface area contributed by atoms with Crippen molar-refractivity contribution >= 4 is 6.09 Å². The van der Waals surface area contributed by atoms with Crippen LogP contribution in [0.3, 0.4) is 0 Å². The molecular formula is C17H26N2O2. The molecule has 0 aromatic heterocycles. The molecule has 1 aliphatic heterocycles. The molecule has 4 heteroatoms. The van der Waals surface area contributed by atoms with Crippen molar-refractivity contribution in [2.75, 3.05) is 13.1 Å². The summed E-state index contributed by atoms with van der Waals surface area (Å²) in [7, 11) is 0. The molecule has 2 N–H and O–H groups in total. The fraction of sp³-hybridized carbons (Fsp3) is 0.588. The van der Waals surface area contributed by atoms with Crippen LogP contribution in [0.15, 0.2) is 24.3 Å². The van der Waals surface area contributed by atoms with Gasteiger partial charge in [0, 0.05) is 12.6 Å². The fourth-order valence-electron chi connectivity index (χ4n) is 2.67. The quantitative estimate of drug-likeness (QED) is 0.899. The molecule has 116 valence electrons. The van der Waals surface area contributed by atoms with E-state index in [0.717, 1.165) is 13.0 Å². The molecule has 4 nitrogen and oxygen atoms in total. The zero-order chi connectivity index (χ0) is 15.5. The third kappa shape index (κ3) is 4.74. The molecular weight excluding hydrogens is 264 g/mol. The summed E-state index contributed by atoms with van der Waals surface area (Å²) in [6, 6.07) is 8.90. The summed E-state index contributed by atoms with van der Waals surface area (Å²) >= 11 is 0. The van der Waals surface area contributed by atoms with E-state index in [1.54, 1.807) is 0 Å². The molecule has 1 heterocycles. The number of aryl methyl sites for hydroxylation is 1. The van der Waals surface area contributed by atoms with E-state index in [4.69, 9.17) is 4.74 Å². The third-order valence-electron chi connectivity index (χ3n) is 3.69. The maximum absolute atomic E-state index is 11.7. The average molecular weight is 290 g/mol. The number of carbonyl (C=O) groups excluding carboxylic acids is 1. The number of ether oxygens (including phenoxy) is 1. The van der Waals surface area contributed by atoms with Gasteiger partial charge in [-0.2, -0.15) is 0 Å². The van der Waals surface area contributed by atoms with E-state index < -0.39 is 5.60 Å². The van der Waals surface area contributed by atoms with Gasteiger partial charge < -0.3 is 15.4 Å². The van der Waals surface area contributed by atoms with E-state index in [0.29, 0.717) is 18.5 Å². The minimum absolute atomic E-state index is 0.306. The van der Waals surface area contributed by atoms with Crippen molar-refractivity contribution < 1.29 is 9.53 Å². The Kier molecular flexibility index (Phi) is 4.88. The Bertz CT molecular complexity index is 477. The van der Waals surface area contributed by atoms with Crippen molar-refractivity contribution in [3.8, 4) is 0 Å². The van der Waals surface area contributed by atoms with Gasteiger partial charge in [0.25, 0.3) is 0 Å². The van der Waals surface area contributed by atoms with Gasteiger partial charge >= 0.3 is 6.09 Å². The molecule has 2 atom stereocenters. The van der Waals surface area contributed by atoms with Gasteiger partial charge in [0.2, 0.25) is 0 Å². The molecule has 2 unspecified atom stereocenters. The van der Waals surface area contributed by atoms with Crippen LogP contribution in [-0.2, 0) is 4.74 Å². The predicted octanol–water partition coefficient (Wildman–Crippen LogP) is 3.17. The predicted molar refractivity (Wildman–Crippen MR) is 84.3 cm³/mol. The van der Waals surface area contributed by atoms with Crippen molar-refractivity contribution in [2.24, 2.45) is 5.92 Å². The minimum atomic E-state index is -0.450. The van der Waals surface area contributed by atoms with Gasteiger partial charge in [0.1, 0.15) is 5.60 Å². The molecule has 1 aromatic rings. The van der Waals surface area contributed by atoms with Crippen LogP contribution in [0, 0.1) is 12.8 Å². The Morgan fingerprint density at radius 2 is 2.00 bits per heavy atom. The van der Waals surface area contributed by atoms with Gasteiger partial charge in [-0.1, -0.05) is 29.8 Å². The van der Waals surface area contributed by atoms with Crippen molar-refractivity contribution in [2.45, 2.75) is 45.8 Å². The molecule has 0 radical (unpaired) electrons. The topological polar surface area (TPSA) is 50.4 Å². The number of rotatable bonds is 3. The number of alkyl carbamates (subject to hydrolysis) is 1. The number of hydrogen-bond donors (Lipinski definition) is 2. The molecule has 1 fully saturated rings. The van der Waals surface area contributed by atoms with Crippen LogP contribution in [-0.4, -0.2) is 24.8 Å². The van der Waals surface area contributed by atoms with Crippen LogP contribution in [0.1, 0.15) is 44.4 Å². The minimum Gasteiger partial charge on any atom is -0.444 e. The molecule has 1 amide bonds. The van der Waals surface area contributed by atoms with E-state index in [1.165, 1.54) is 11.1 Å². The van der Waals surface area contributed by atoms with E-state index in [9.17, 15) is 4.79 Å². The van der Waals surface area contributed by atoms with Gasteiger partial charge in [0.15, 0.2) is 0 Å². The number of carbonyl (C=O) groups is 1. The first-order valence-corrected chi connectivity index (χ1v) is 7.62. The van der Waals surface area contributed by atoms with Gasteiger partial charge in [0.05, 0.1) is 0 Å². The molecule has 2 rings (SSSR count). The summed E-state index contributed by atoms with van der Waals surface area (Å²) < 4.78 is 5.28. The maximum atomic E-state index is 11.7. The number of hydrogen-bond acceptors (Lipinski definition) is 3. The fourth-order valence-corrected chi connectivity index (χ4v) is 2.67. The second-order valence-corrected chi connectivity index (χ2v) is 6.77. The first-order chi connectivity index (χ1) is 9.85. The van der Waals surface area contributed by atoms with Gasteiger partial charge in [-0.15, -0.1) is 0 Å². The average Bonchev–Trinajstić information content (AvgIpc) is 2.83. The van der Waals surface area contributed by atoms with Crippen molar-refractivity contribution in [3.05, 3.63) is 35.4 Å². The van der Waals surface area contributed by atoms with Crippen molar-refractivity contribution in [3.63, 3.8) is 0 Å². The molecule has 0 aliphatic carbocycles. The summed E-state index contributed by atoms with van der Waals surface area (Å²) in [6.07, 6.45) is 0.728. The van der Waals surface area contributed by atoms with E-state index in [1.807, 2.05) is 20.8 Å². The summed E-state index contributed by atoms with van der Waals surface area (Å²) in [5, 5.41) is 6.41. The van der Waals surface area contributed by atoms with Crippen LogP contribution < -0.4 is 10.6 Å². The second-order valence-electron chi connectivity index (χ2n) is 6.77. The highest BCUT2D eigenvalue weighted by Crippen LogP contribution is 2.29. The Morgan fingerprint density at radius 1 is 1.33 bits per heavy atom. The lowest BCUT2D eigenvalue weighted by atomic mass is 9.94. The van der Waals surface area contributed by atoms with Crippen LogP contribution in [0.2, 0.25) is 0 Å². The first-order valence-electron chi connectivity index (χ1n) is 7.62. The Morgan fingerprint density at radius 3 is 2.62 bits per heavy atom. The first kappa shape index (κ1) is 15.8. The molecule has 1 saturated heterocycles. The molecule has 21 heavy (non-hydrogen) atoms. The van der Waals surface area contributed by atoms with Crippen LogP contribution in [0.4, 0.5) is 4.79 Å². The van der Waals surface area contributed by atoms with E-state index in [-0.39, 0.29) is 6.09 Å². The van der Waals surface area contributed by atoms with E-state index in [2.05, 4.69) is 41.8 Å². The Balaban J connectivity index is 1.90. The standard InChI is InChI=1S/C17H26N2O2/c1-12-5-7-13(8-6-12)15-14(9-10-18-15)11-19-16(20)21-17(2,3)4/h5-8,14-15,18H,9-11H2,1-4H3,(H,19,20). The number of nitrogens with one attached hydrogen (secondary N) is 2. The molecule has 1 aromatic carbocycles. The number of benzene rings is 1. The monoisotopic (exact) mass is 290 g/mol. The van der Waals surface area contributed by atoms with Crippen molar-refractivity contribution in [1.82, 2.24) is 10.6 Å². The highest BCUT2D eigenvalue weighted by atomic mass is 16.6. The summed E-state index contributed by atoms with van der Waals surface area (Å²) in [4.78, 5) is 11.7. The SMILES string of the molecule is Cc1ccc(C2NCCC2CNC(=O)OC(C)(C)C)cc1. The zero-order valence-electron chi connectivity index (χ0n) is 13.4.